The van der Waals surface area contributed by atoms with E-state index in [1.54, 1.807) is 29.9 Å². The number of hydrogen-bond donors (Lipinski definition) is 0. The third kappa shape index (κ3) is 7.00. The van der Waals surface area contributed by atoms with Gasteiger partial charge in [0.1, 0.15) is 7.85 Å². The van der Waals surface area contributed by atoms with Crippen LogP contribution in [-0.4, -0.2) is 36.3 Å². The minimum atomic E-state index is -0.419. The van der Waals surface area contributed by atoms with Gasteiger partial charge in [0, 0.05) is 42.7 Å². The second-order valence-electron chi connectivity index (χ2n) is 8.77. The lowest BCUT2D eigenvalue weighted by Crippen LogP contribution is -2.28. The van der Waals surface area contributed by atoms with E-state index in [2.05, 4.69) is 4.98 Å². The topological polar surface area (TPSA) is 78.3 Å². The Labute approximate surface area is 172 Å². The minimum absolute atomic E-state index is 0.0501. The number of carbonyl (C=O) groups excluding carboxylic acids is 2. The largest absolute Gasteiger partial charge is 0.465 e. The van der Waals surface area contributed by atoms with Crippen LogP contribution < -0.4 is 11.0 Å². The molecule has 0 aromatic carbocycles. The van der Waals surface area contributed by atoms with Crippen molar-refractivity contribution in [1.29, 1.82) is 0 Å². The first-order valence-electron chi connectivity index (χ1n) is 9.82. The van der Waals surface area contributed by atoms with Crippen LogP contribution >= 0.6 is 0 Å². The highest BCUT2D eigenvalue weighted by Crippen LogP contribution is 2.19. The maximum atomic E-state index is 12.8. The maximum absolute atomic E-state index is 12.8. The molecule has 2 heterocycles. The predicted molar refractivity (Wildman–Crippen MR) is 115 cm³/mol. The highest BCUT2D eigenvalue weighted by Gasteiger charge is 2.24. The molecule has 2 rings (SSSR count). The first-order chi connectivity index (χ1) is 13.6. The number of esters is 1. The molecule has 0 saturated heterocycles. The Kier molecular flexibility index (Phi) is 7.54. The summed E-state index contributed by atoms with van der Waals surface area (Å²) >= 11 is 0. The number of hydrogen-bond acceptors (Lipinski definition) is 5. The monoisotopic (exact) mass is 396 g/mol. The Balaban J connectivity index is 2.17. The molecule has 29 heavy (non-hydrogen) atoms. The number of rotatable bonds is 8. The molecule has 0 spiro atoms. The molecule has 6 nitrogen and oxygen atoms in total. The van der Waals surface area contributed by atoms with Crippen molar-refractivity contribution < 1.29 is 14.3 Å². The van der Waals surface area contributed by atoms with Crippen LogP contribution in [0.3, 0.4) is 0 Å². The molecular weight excluding hydrogens is 367 g/mol. The quantitative estimate of drug-likeness (QED) is 0.381. The number of aldehydes is 1. The van der Waals surface area contributed by atoms with Crippen molar-refractivity contribution in [3.8, 4) is 0 Å². The van der Waals surface area contributed by atoms with Crippen LogP contribution in [0.5, 0.6) is 0 Å². The van der Waals surface area contributed by atoms with Crippen molar-refractivity contribution in [2.75, 3.05) is 6.61 Å². The Bertz CT molecular complexity index is 914. The standard InChI is InChI=1S/C22H29BN2O4/c1-22(2,3)14-29-21(28)17(10-19-8-5-15(13-26)11-24-19)7-6-16-9-18(23)12-25(4)20(16)27/h5,8-9,11-13,17H,6-7,10,14,23H2,1-4H3. The molecule has 1 atom stereocenters. The third-order valence-electron chi connectivity index (χ3n) is 4.58. The predicted octanol–water partition coefficient (Wildman–Crippen LogP) is 1.23. The summed E-state index contributed by atoms with van der Waals surface area (Å²) in [6.07, 6.45) is 5.39. The van der Waals surface area contributed by atoms with Crippen LogP contribution in [0.1, 0.15) is 48.8 Å². The Morgan fingerprint density at radius 1 is 1.34 bits per heavy atom. The van der Waals surface area contributed by atoms with Gasteiger partial charge in [-0.1, -0.05) is 32.3 Å². The third-order valence-corrected chi connectivity index (χ3v) is 4.58. The van der Waals surface area contributed by atoms with Crippen molar-refractivity contribution in [1.82, 2.24) is 9.55 Å². The lowest BCUT2D eigenvalue weighted by Gasteiger charge is -2.21. The molecule has 0 N–H and O–H groups in total. The SMILES string of the molecule is Bc1cc(CCC(Cc2ccc(C=O)cn2)C(=O)OCC(C)(C)C)c(=O)n(C)c1. The number of ether oxygens (including phenoxy) is 1. The van der Waals surface area contributed by atoms with Crippen molar-refractivity contribution in [2.45, 2.75) is 40.0 Å². The number of carbonyl (C=O) groups is 2. The van der Waals surface area contributed by atoms with Crippen molar-refractivity contribution in [3.05, 3.63) is 57.8 Å². The Morgan fingerprint density at radius 2 is 2.07 bits per heavy atom. The smallest absolute Gasteiger partial charge is 0.309 e. The average Bonchev–Trinajstić information content (AvgIpc) is 2.66. The van der Waals surface area contributed by atoms with Crippen molar-refractivity contribution in [2.24, 2.45) is 18.4 Å². The van der Waals surface area contributed by atoms with E-state index in [0.29, 0.717) is 42.7 Å². The van der Waals surface area contributed by atoms with E-state index in [4.69, 9.17) is 4.74 Å². The van der Waals surface area contributed by atoms with Gasteiger partial charge in [-0.15, -0.1) is 0 Å². The lowest BCUT2D eigenvalue weighted by atomic mass is 9.92. The van der Waals surface area contributed by atoms with Crippen LogP contribution in [0.15, 0.2) is 35.4 Å². The molecule has 0 saturated carbocycles. The molecule has 0 aliphatic heterocycles. The summed E-state index contributed by atoms with van der Waals surface area (Å²) in [7, 11) is 3.67. The van der Waals surface area contributed by atoms with Gasteiger partial charge in [0.2, 0.25) is 0 Å². The van der Waals surface area contributed by atoms with Crippen LogP contribution in [0.2, 0.25) is 0 Å². The molecule has 2 aromatic heterocycles. The van der Waals surface area contributed by atoms with Gasteiger partial charge in [0.05, 0.1) is 12.5 Å². The van der Waals surface area contributed by atoms with Crippen molar-refractivity contribution >= 4 is 25.6 Å². The lowest BCUT2D eigenvalue weighted by molar-refractivity contribution is -0.151. The van der Waals surface area contributed by atoms with Gasteiger partial charge >= 0.3 is 5.97 Å². The number of nitrogens with zero attached hydrogens (tertiary/aromatic N) is 2. The van der Waals surface area contributed by atoms with E-state index in [1.807, 2.05) is 34.7 Å². The highest BCUT2D eigenvalue weighted by molar-refractivity contribution is 6.32. The second-order valence-corrected chi connectivity index (χ2v) is 8.77. The number of aryl methyl sites for hydroxylation is 2. The second kappa shape index (κ2) is 9.68. The number of aromatic nitrogens is 2. The average molecular weight is 396 g/mol. The van der Waals surface area contributed by atoms with Gasteiger partial charge in [0.15, 0.2) is 6.29 Å². The summed E-state index contributed by atoms with van der Waals surface area (Å²) in [5.41, 5.74) is 2.71. The zero-order valence-corrected chi connectivity index (χ0v) is 17.9. The minimum Gasteiger partial charge on any atom is -0.465 e. The van der Waals surface area contributed by atoms with Gasteiger partial charge in [-0.05, 0) is 30.4 Å². The van der Waals surface area contributed by atoms with Crippen LogP contribution in [0.25, 0.3) is 0 Å². The van der Waals surface area contributed by atoms with Gasteiger partial charge in [-0.3, -0.25) is 19.4 Å². The fourth-order valence-corrected chi connectivity index (χ4v) is 3.06. The van der Waals surface area contributed by atoms with Crippen LogP contribution in [-0.2, 0) is 29.4 Å². The maximum Gasteiger partial charge on any atom is 0.309 e. The molecule has 0 aliphatic carbocycles. The van der Waals surface area contributed by atoms with Crippen LogP contribution in [0, 0.1) is 11.3 Å². The summed E-state index contributed by atoms with van der Waals surface area (Å²) < 4.78 is 7.11. The Hall–Kier alpha value is -2.70. The molecule has 0 amide bonds. The van der Waals surface area contributed by atoms with E-state index < -0.39 is 5.92 Å². The van der Waals surface area contributed by atoms with E-state index in [1.165, 1.54) is 6.20 Å². The summed E-state index contributed by atoms with van der Waals surface area (Å²) in [6.45, 7) is 6.34. The van der Waals surface area contributed by atoms with Crippen molar-refractivity contribution in [3.63, 3.8) is 0 Å². The fourth-order valence-electron chi connectivity index (χ4n) is 3.06. The summed E-state index contributed by atoms with van der Waals surface area (Å²) in [5, 5.41) is 0. The first kappa shape index (κ1) is 22.6. The molecule has 0 aliphatic rings. The molecule has 0 fully saturated rings. The van der Waals surface area contributed by atoms with E-state index in [9.17, 15) is 14.4 Å². The molecular formula is C22H29BN2O4. The van der Waals surface area contributed by atoms with Gasteiger partial charge in [-0.2, -0.15) is 0 Å². The fraction of sp³-hybridized carbons (Fsp3) is 0.455. The van der Waals surface area contributed by atoms with Crippen LogP contribution in [0.4, 0.5) is 0 Å². The van der Waals surface area contributed by atoms with E-state index in [0.717, 1.165) is 11.7 Å². The molecule has 154 valence electrons. The molecule has 0 bridgehead atoms. The summed E-state index contributed by atoms with van der Waals surface area (Å²) in [4.78, 5) is 40.3. The molecule has 7 heteroatoms. The molecule has 1 unspecified atom stereocenters. The number of pyridine rings is 2. The summed E-state index contributed by atoms with van der Waals surface area (Å²) in [6, 6.07) is 5.31. The van der Waals surface area contributed by atoms with E-state index in [-0.39, 0.29) is 16.9 Å². The molecule has 0 radical (unpaired) electrons. The van der Waals surface area contributed by atoms with Gasteiger partial charge in [0.25, 0.3) is 5.56 Å². The Morgan fingerprint density at radius 3 is 2.66 bits per heavy atom. The zero-order valence-electron chi connectivity index (χ0n) is 17.9. The summed E-state index contributed by atoms with van der Waals surface area (Å²) in [5.74, 6) is -0.706. The first-order valence-corrected chi connectivity index (χ1v) is 9.82. The normalized spacial score (nSPS) is 12.4. The highest BCUT2D eigenvalue weighted by atomic mass is 16.5. The van der Waals surface area contributed by atoms with E-state index >= 15 is 0 Å². The van der Waals surface area contributed by atoms with Gasteiger partial charge in [-0.25, -0.2) is 0 Å². The zero-order chi connectivity index (χ0) is 21.6. The molecule has 2 aromatic rings. The van der Waals surface area contributed by atoms with Gasteiger partial charge < -0.3 is 9.30 Å².